The molecule has 0 aromatic heterocycles. The molecule has 0 spiro atoms. The zero-order chi connectivity index (χ0) is 29.0. The first-order valence-corrected chi connectivity index (χ1v) is 14.9. The number of hydrogen-bond acceptors (Lipinski definition) is 5. The van der Waals surface area contributed by atoms with Crippen LogP contribution in [0.5, 0.6) is 0 Å². The number of hydrogen-bond donors (Lipinski definition) is 0. The van der Waals surface area contributed by atoms with Gasteiger partial charge in [0, 0.05) is 32.3 Å². The Morgan fingerprint density at radius 3 is 1.32 bits per heavy atom. The van der Waals surface area contributed by atoms with Gasteiger partial charge < -0.3 is 18.9 Å². The third-order valence-corrected chi connectivity index (χ3v) is 4.70. The Hall–Kier alpha value is -1.50. The maximum Gasteiger partial charge on any atom is 0.176 e. The molecule has 0 aliphatic heterocycles. The number of unbranched alkanes of at least 4 members (excludes halogenated alkanes) is 3. The first kappa shape index (κ1) is 41.0. The van der Waals surface area contributed by atoms with E-state index in [1.165, 1.54) is 0 Å². The highest BCUT2D eigenvalue weighted by Gasteiger charge is 2.01. The monoisotopic (exact) mass is 556 g/mol. The van der Waals surface area contributed by atoms with Crippen LogP contribution in [0.15, 0.2) is 60.8 Å². The van der Waals surface area contributed by atoms with Crippen molar-refractivity contribution < 1.29 is 23.7 Å². The topological polar surface area (TPSA) is 54.0 Å². The number of aldehydes is 1. The smallest absolute Gasteiger partial charge is 0.176 e. The zero-order valence-electron chi connectivity index (χ0n) is 25.1. The molecule has 6 heteroatoms. The van der Waals surface area contributed by atoms with Gasteiger partial charge in [0.2, 0.25) is 0 Å². The van der Waals surface area contributed by atoms with Crippen molar-refractivity contribution in [3.63, 3.8) is 0 Å². The first-order valence-electron chi connectivity index (χ1n) is 14.4. The molecule has 222 valence electrons. The second kappa shape index (κ2) is 40.0. The van der Waals surface area contributed by atoms with Gasteiger partial charge in [-0.25, -0.2) is 0 Å². The van der Waals surface area contributed by atoms with Gasteiger partial charge in [-0.1, -0.05) is 56.4 Å². The molecule has 0 rings (SSSR count). The van der Waals surface area contributed by atoms with E-state index in [9.17, 15) is 4.79 Å². The van der Waals surface area contributed by atoms with Crippen molar-refractivity contribution >= 4 is 17.9 Å². The van der Waals surface area contributed by atoms with Gasteiger partial charge in [-0.15, -0.1) is 11.6 Å². The lowest BCUT2D eigenvalue weighted by molar-refractivity contribution is -0.104. The fraction of sp³-hybridized carbons (Fsp3) is 0.656. The Labute approximate surface area is 240 Å². The molecule has 0 aliphatic carbocycles. The maximum atomic E-state index is 9.79. The second-order valence-electron chi connectivity index (χ2n) is 7.72. The predicted molar refractivity (Wildman–Crippen MR) is 165 cm³/mol. The highest BCUT2D eigenvalue weighted by Crippen LogP contribution is 2.01. The Kier molecular flexibility index (Phi) is 43.1. The largest absolute Gasteiger partial charge is 0.349 e. The third-order valence-electron chi connectivity index (χ3n) is 4.43. The lowest BCUT2D eigenvalue weighted by Gasteiger charge is -2.12. The van der Waals surface area contributed by atoms with Crippen molar-refractivity contribution in [3.05, 3.63) is 60.8 Å². The van der Waals surface area contributed by atoms with E-state index in [-0.39, 0.29) is 12.6 Å². The minimum Gasteiger partial charge on any atom is -0.349 e. The molecule has 0 N–H and O–H groups in total. The van der Waals surface area contributed by atoms with Crippen LogP contribution in [0.2, 0.25) is 0 Å². The summed E-state index contributed by atoms with van der Waals surface area (Å²) in [5.41, 5.74) is 0. The van der Waals surface area contributed by atoms with E-state index in [2.05, 4.69) is 50.3 Å². The lowest BCUT2D eigenvalue weighted by atomic mass is 10.2. The summed E-state index contributed by atoms with van der Waals surface area (Å²) in [6, 6.07) is 0. The zero-order valence-corrected chi connectivity index (χ0v) is 25.9. The molecule has 0 atom stereocenters. The van der Waals surface area contributed by atoms with Gasteiger partial charge in [-0.2, -0.15) is 0 Å². The number of carbonyl (C=O) groups is 1. The summed E-state index contributed by atoms with van der Waals surface area (Å²) >= 11 is 5.54. The molecule has 0 unspecified atom stereocenters. The van der Waals surface area contributed by atoms with Crippen LogP contribution >= 0.6 is 11.6 Å². The minimum absolute atomic E-state index is 0.171. The van der Waals surface area contributed by atoms with Crippen LogP contribution in [-0.2, 0) is 23.7 Å². The van der Waals surface area contributed by atoms with Gasteiger partial charge in [-0.3, -0.25) is 4.79 Å². The van der Waals surface area contributed by atoms with E-state index in [1.54, 1.807) is 6.08 Å². The summed E-state index contributed by atoms with van der Waals surface area (Å²) in [6.07, 6.45) is 29.0. The molecule has 38 heavy (non-hydrogen) atoms. The predicted octanol–water partition coefficient (Wildman–Crippen LogP) is 9.14. The second-order valence-corrected chi connectivity index (χ2v) is 8.10. The molecule has 0 bridgehead atoms. The summed E-state index contributed by atoms with van der Waals surface area (Å²) in [4.78, 5) is 9.79. The van der Waals surface area contributed by atoms with Gasteiger partial charge in [-0.05, 0) is 97.3 Å². The van der Waals surface area contributed by atoms with Gasteiger partial charge in [0.1, 0.15) is 6.29 Å². The summed E-state index contributed by atoms with van der Waals surface area (Å²) < 4.78 is 21.4. The third kappa shape index (κ3) is 39.0. The van der Waals surface area contributed by atoms with Crippen LogP contribution in [0, 0.1) is 0 Å². The molecule has 0 saturated heterocycles. The standard InChI is InChI=1S/C13H24O2.C10H19ClO2.C9H14O/c1-4-7-8-9-10-11-12-13(14-5-2)15-6-3;1-3-12-10(13-4-2)8-6-5-7-9-11;1-2-3-4-5-6-7-8-9-10/h7-8,11-13H,4-6,9-10H2,1-3H3;6,8,10H,3-5,7,9H2,1-2H3;3-4,7-9H,2,5-6H2,1H3/b8-7-,12-11-;8-6-;4-3-,8-7+. The average Bonchev–Trinajstić information content (AvgIpc) is 2.92. The normalized spacial score (nSPS) is 11.8. The molecule has 0 amide bonds. The Bertz CT molecular complexity index is 572. The number of alkyl halides is 1. The fourth-order valence-corrected chi connectivity index (χ4v) is 2.85. The molecule has 0 heterocycles. The fourth-order valence-electron chi connectivity index (χ4n) is 2.69. The number of ether oxygens (including phenoxy) is 4. The van der Waals surface area contributed by atoms with E-state index in [1.807, 2.05) is 45.9 Å². The number of rotatable bonds is 22. The first-order chi connectivity index (χ1) is 18.6. The molecular formula is C32H57ClO5. The maximum absolute atomic E-state index is 9.79. The van der Waals surface area contributed by atoms with Crippen molar-refractivity contribution in [2.75, 3.05) is 32.3 Å². The van der Waals surface area contributed by atoms with E-state index in [0.29, 0.717) is 32.3 Å². The molecular weight excluding hydrogens is 500 g/mol. The molecule has 0 aromatic carbocycles. The van der Waals surface area contributed by atoms with Gasteiger partial charge in [0.25, 0.3) is 0 Å². The average molecular weight is 557 g/mol. The van der Waals surface area contributed by atoms with E-state index >= 15 is 0 Å². The summed E-state index contributed by atoms with van der Waals surface area (Å²) in [7, 11) is 0. The van der Waals surface area contributed by atoms with Crippen LogP contribution in [-0.4, -0.2) is 51.2 Å². The van der Waals surface area contributed by atoms with Crippen LogP contribution in [0.25, 0.3) is 0 Å². The van der Waals surface area contributed by atoms with Crippen molar-refractivity contribution in [2.24, 2.45) is 0 Å². The van der Waals surface area contributed by atoms with Crippen molar-refractivity contribution in [1.29, 1.82) is 0 Å². The van der Waals surface area contributed by atoms with Crippen molar-refractivity contribution in [3.8, 4) is 0 Å². The Morgan fingerprint density at radius 2 is 0.947 bits per heavy atom. The summed E-state index contributed by atoms with van der Waals surface area (Å²) in [6.45, 7) is 14.8. The van der Waals surface area contributed by atoms with Crippen LogP contribution in [0.3, 0.4) is 0 Å². The van der Waals surface area contributed by atoms with Crippen LogP contribution in [0.1, 0.15) is 92.9 Å². The minimum atomic E-state index is -0.190. The number of allylic oxidation sites excluding steroid dienone is 8. The quantitative estimate of drug-likeness (QED) is 0.0332. The Balaban J connectivity index is -0.000000494. The van der Waals surface area contributed by atoms with E-state index in [4.69, 9.17) is 30.5 Å². The van der Waals surface area contributed by atoms with E-state index < -0.39 is 0 Å². The number of carbonyl (C=O) groups excluding carboxylic acids is 1. The van der Waals surface area contributed by atoms with Crippen LogP contribution in [0.4, 0.5) is 0 Å². The molecule has 0 aliphatic rings. The molecule has 0 fully saturated rings. The van der Waals surface area contributed by atoms with Crippen LogP contribution < -0.4 is 0 Å². The Morgan fingerprint density at radius 1 is 0.553 bits per heavy atom. The van der Waals surface area contributed by atoms with Crippen molar-refractivity contribution in [2.45, 2.75) is 105 Å². The molecule has 0 saturated carbocycles. The lowest BCUT2D eigenvalue weighted by Crippen LogP contribution is -2.14. The van der Waals surface area contributed by atoms with E-state index in [0.717, 1.165) is 57.7 Å². The van der Waals surface area contributed by atoms with Gasteiger partial charge in [0.05, 0.1) is 0 Å². The molecule has 5 nitrogen and oxygen atoms in total. The molecule has 0 aromatic rings. The summed E-state index contributed by atoms with van der Waals surface area (Å²) in [5.74, 6) is 0.707. The summed E-state index contributed by atoms with van der Waals surface area (Å²) in [5, 5.41) is 0. The number of halogens is 1. The van der Waals surface area contributed by atoms with Gasteiger partial charge >= 0.3 is 0 Å². The highest BCUT2D eigenvalue weighted by molar-refractivity contribution is 6.17. The highest BCUT2D eigenvalue weighted by atomic mass is 35.5. The molecule has 0 radical (unpaired) electrons. The van der Waals surface area contributed by atoms with Crippen molar-refractivity contribution in [1.82, 2.24) is 0 Å². The van der Waals surface area contributed by atoms with Gasteiger partial charge in [0.15, 0.2) is 12.6 Å². The SMILES string of the molecule is CC/C=C\CC/C=C/C=O.CC/C=C\CC/C=C\C(OCC)OCC.CCOC(/C=C\CCCCl)OCC.